The normalized spacial score (nSPS) is 20.2. The maximum Gasteiger partial charge on any atom is 0.312 e. The van der Waals surface area contributed by atoms with Crippen LogP contribution in [-0.4, -0.2) is 51.6 Å². The maximum absolute atomic E-state index is 13.2. The molecule has 2 aliphatic heterocycles. The second-order valence-electron chi connectivity index (χ2n) is 7.09. The highest BCUT2D eigenvalue weighted by atomic mass is 16.7. The monoisotopic (exact) mass is 430 g/mol. The zero-order valence-corrected chi connectivity index (χ0v) is 17.2. The van der Waals surface area contributed by atoms with Gasteiger partial charge in [-0.1, -0.05) is 0 Å². The van der Waals surface area contributed by atoms with Crippen LogP contribution in [0.15, 0.2) is 30.3 Å². The van der Waals surface area contributed by atoms with E-state index in [0.29, 0.717) is 34.3 Å². The minimum atomic E-state index is -1.37. The number of benzene rings is 2. The average Bonchev–Trinajstić information content (AvgIpc) is 3.42. The van der Waals surface area contributed by atoms with Gasteiger partial charge in [0.05, 0.1) is 33.4 Å². The van der Waals surface area contributed by atoms with E-state index in [1.54, 1.807) is 24.3 Å². The summed E-state index contributed by atoms with van der Waals surface area (Å²) in [5.74, 6) is -0.975. The topological polar surface area (TPSA) is 110 Å². The lowest BCUT2D eigenvalue weighted by Crippen LogP contribution is -2.30. The zero-order valence-electron chi connectivity index (χ0n) is 17.2. The summed E-state index contributed by atoms with van der Waals surface area (Å²) < 4.78 is 31.7. The minimum absolute atomic E-state index is 0.0818. The quantitative estimate of drug-likeness (QED) is 0.522. The first-order valence-electron chi connectivity index (χ1n) is 9.57. The van der Waals surface area contributed by atoms with Crippen molar-refractivity contribution in [2.24, 2.45) is 11.8 Å². The minimum Gasteiger partial charge on any atom is -0.496 e. The summed E-state index contributed by atoms with van der Waals surface area (Å²) in [6, 6.07) is 7.87. The predicted molar refractivity (Wildman–Crippen MR) is 106 cm³/mol. The van der Waals surface area contributed by atoms with Crippen molar-refractivity contribution in [3.8, 4) is 28.7 Å². The first-order valence-corrected chi connectivity index (χ1v) is 9.57. The fraction of sp³-hybridized carbons (Fsp3) is 0.364. The van der Waals surface area contributed by atoms with E-state index < -0.39 is 23.9 Å². The van der Waals surface area contributed by atoms with Crippen LogP contribution >= 0.6 is 0 Å². The molecule has 0 saturated carbocycles. The van der Waals surface area contributed by atoms with E-state index in [1.165, 1.54) is 27.4 Å². The van der Waals surface area contributed by atoms with Crippen molar-refractivity contribution in [3.63, 3.8) is 0 Å². The fourth-order valence-electron chi connectivity index (χ4n) is 3.87. The number of hydrogen-bond acceptors (Lipinski definition) is 9. The molecule has 1 unspecified atom stereocenters. The van der Waals surface area contributed by atoms with Crippen molar-refractivity contribution in [1.29, 1.82) is 0 Å². The number of carbonyl (C=O) groups excluding carboxylic acids is 2. The van der Waals surface area contributed by atoms with Gasteiger partial charge in [-0.25, -0.2) is 0 Å². The van der Waals surface area contributed by atoms with Crippen molar-refractivity contribution in [3.05, 3.63) is 41.5 Å². The molecule has 1 saturated heterocycles. The molecule has 4 rings (SSSR count). The Bertz CT molecular complexity index is 1020. The summed E-state index contributed by atoms with van der Waals surface area (Å²) in [6.45, 7) is -0.0537. The Labute approximate surface area is 178 Å². The molecule has 3 atom stereocenters. The molecule has 0 amide bonds. The van der Waals surface area contributed by atoms with Crippen LogP contribution in [0.2, 0.25) is 0 Å². The number of aliphatic hydroxyl groups is 1. The summed E-state index contributed by atoms with van der Waals surface area (Å²) in [5, 5.41) is 11.1. The highest BCUT2D eigenvalue weighted by Crippen LogP contribution is 2.44. The third kappa shape index (κ3) is 3.61. The second kappa shape index (κ2) is 8.35. The number of rotatable bonds is 7. The molecule has 2 aromatic rings. The number of carbonyl (C=O) groups is 2. The SMILES string of the molecule is COc1cc(OC)c(C(O)[C@H]2C(=O)OC[C@@H]2C(=O)c2ccc3c(c2)OCO3)cc1OC. The summed E-state index contributed by atoms with van der Waals surface area (Å²) in [4.78, 5) is 25.7. The number of methoxy groups -OCH3 is 3. The second-order valence-corrected chi connectivity index (χ2v) is 7.09. The first-order chi connectivity index (χ1) is 15.0. The van der Waals surface area contributed by atoms with E-state index >= 15 is 0 Å². The first kappa shape index (κ1) is 20.8. The molecule has 2 heterocycles. The fourth-order valence-corrected chi connectivity index (χ4v) is 3.87. The van der Waals surface area contributed by atoms with Crippen LogP contribution in [0.1, 0.15) is 22.0 Å². The van der Waals surface area contributed by atoms with E-state index in [2.05, 4.69) is 0 Å². The molecule has 2 aliphatic rings. The average molecular weight is 430 g/mol. The van der Waals surface area contributed by atoms with Gasteiger partial charge < -0.3 is 33.5 Å². The number of Topliss-reactive ketones (excluding diaryl/α,β-unsaturated/α-hetero) is 1. The largest absolute Gasteiger partial charge is 0.496 e. The third-order valence-corrected chi connectivity index (χ3v) is 5.50. The summed E-state index contributed by atoms with van der Waals surface area (Å²) in [7, 11) is 4.36. The standard InChI is InChI=1S/C22H22O9/c1-26-15-8-17(28-3)16(27-2)7-12(15)21(24)19-13(9-29-22(19)25)20(23)11-4-5-14-18(6-11)31-10-30-14/h4-8,13,19,21,24H,9-10H2,1-3H3/t13-,19-,21?/m0/s1. The molecular weight excluding hydrogens is 408 g/mol. The Hall–Kier alpha value is -3.46. The van der Waals surface area contributed by atoms with Crippen LogP contribution in [0, 0.1) is 11.8 Å². The lowest BCUT2D eigenvalue weighted by atomic mass is 9.81. The summed E-state index contributed by atoms with van der Waals surface area (Å²) in [6.07, 6.45) is -1.37. The number of hydrogen-bond donors (Lipinski definition) is 1. The van der Waals surface area contributed by atoms with Crippen molar-refractivity contribution in [2.45, 2.75) is 6.10 Å². The number of cyclic esters (lactones) is 1. The molecule has 164 valence electrons. The van der Waals surface area contributed by atoms with E-state index in [4.69, 9.17) is 28.4 Å². The van der Waals surface area contributed by atoms with Gasteiger partial charge in [-0.05, 0) is 24.3 Å². The lowest BCUT2D eigenvalue weighted by molar-refractivity contribution is -0.144. The van der Waals surface area contributed by atoms with E-state index in [-0.39, 0.29) is 24.7 Å². The summed E-state index contributed by atoms with van der Waals surface area (Å²) in [5.41, 5.74) is 0.622. The molecule has 1 N–H and O–H groups in total. The van der Waals surface area contributed by atoms with Gasteiger partial charge >= 0.3 is 5.97 Å². The van der Waals surface area contributed by atoms with E-state index in [9.17, 15) is 14.7 Å². The van der Waals surface area contributed by atoms with Gasteiger partial charge in [0.1, 0.15) is 18.3 Å². The molecule has 0 radical (unpaired) electrons. The van der Waals surface area contributed by atoms with Gasteiger partial charge in [-0.15, -0.1) is 0 Å². The van der Waals surface area contributed by atoms with E-state index in [1.807, 2.05) is 0 Å². The van der Waals surface area contributed by atoms with Crippen LogP contribution in [0.5, 0.6) is 28.7 Å². The molecule has 0 aromatic heterocycles. The van der Waals surface area contributed by atoms with Gasteiger partial charge in [0.2, 0.25) is 6.79 Å². The Kier molecular flexibility index (Phi) is 5.60. The number of ketones is 1. The molecule has 0 bridgehead atoms. The van der Waals surface area contributed by atoms with Crippen LogP contribution < -0.4 is 23.7 Å². The third-order valence-electron chi connectivity index (χ3n) is 5.50. The predicted octanol–water partition coefficient (Wildman–Crippen LogP) is 2.15. The zero-order chi connectivity index (χ0) is 22.1. The molecule has 0 aliphatic carbocycles. The highest BCUT2D eigenvalue weighted by Gasteiger charge is 2.47. The van der Waals surface area contributed by atoms with Crippen molar-refractivity contribution >= 4 is 11.8 Å². The maximum atomic E-state index is 13.2. The molecule has 9 nitrogen and oxygen atoms in total. The number of esters is 1. The molecular formula is C22H22O9. The van der Waals surface area contributed by atoms with Crippen molar-refractivity contribution in [1.82, 2.24) is 0 Å². The van der Waals surface area contributed by atoms with Gasteiger partial charge in [-0.2, -0.15) is 0 Å². The smallest absolute Gasteiger partial charge is 0.312 e. The molecule has 31 heavy (non-hydrogen) atoms. The van der Waals surface area contributed by atoms with Crippen LogP contribution in [-0.2, 0) is 9.53 Å². The Morgan fingerprint density at radius 2 is 1.65 bits per heavy atom. The molecule has 1 fully saturated rings. The Balaban J connectivity index is 1.67. The van der Waals surface area contributed by atoms with Crippen molar-refractivity contribution in [2.75, 3.05) is 34.7 Å². The number of aliphatic hydroxyl groups excluding tert-OH is 1. The Morgan fingerprint density at radius 3 is 2.35 bits per heavy atom. The number of ether oxygens (including phenoxy) is 6. The van der Waals surface area contributed by atoms with Crippen LogP contribution in [0.3, 0.4) is 0 Å². The lowest BCUT2D eigenvalue weighted by Gasteiger charge is -2.23. The van der Waals surface area contributed by atoms with E-state index in [0.717, 1.165) is 0 Å². The summed E-state index contributed by atoms with van der Waals surface area (Å²) >= 11 is 0. The van der Waals surface area contributed by atoms with Crippen LogP contribution in [0.4, 0.5) is 0 Å². The van der Waals surface area contributed by atoms with Crippen molar-refractivity contribution < 1.29 is 43.1 Å². The van der Waals surface area contributed by atoms with Gasteiger partial charge in [0.25, 0.3) is 0 Å². The van der Waals surface area contributed by atoms with Crippen LogP contribution in [0.25, 0.3) is 0 Å². The Morgan fingerprint density at radius 1 is 0.968 bits per heavy atom. The highest BCUT2D eigenvalue weighted by molar-refractivity contribution is 6.02. The molecule has 2 aromatic carbocycles. The molecule has 0 spiro atoms. The van der Waals surface area contributed by atoms with Gasteiger partial charge in [-0.3, -0.25) is 9.59 Å². The number of fused-ring (bicyclic) bond motifs is 1. The van der Waals surface area contributed by atoms with Gasteiger partial charge in [0.15, 0.2) is 28.8 Å². The molecule has 9 heteroatoms. The van der Waals surface area contributed by atoms with Gasteiger partial charge in [0, 0.05) is 17.2 Å².